The van der Waals surface area contributed by atoms with E-state index < -0.39 is 10.8 Å². The van der Waals surface area contributed by atoms with Gasteiger partial charge >= 0.3 is 0 Å². The number of nitrogens with two attached hydrogens (primary N) is 1. The quantitative estimate of drug-likeness (QED) is 0.425. The van der Waals surface area contributed by atoms with E-state index in [1.165, 1.54) is 5.56 Å². The summed E-state index contributed by atoms with van der Waals surface area (Å²) in [6.45, 7) is 6.28. The second kappa shape index (κ2) is 12.7. The molecule has 2 rings (SSSR count). The van der Waals surface area contributed by atoms with E-state index in [4.69, 9.17) is 24.7 Å². The van der Waals surface area contributed by atoms with Gasteiger partial charge in [-0.3, -0.25) is 0 Å². The summed E-state index contributed by atoms with van der Waals surface area (Å²) >= 11 is 0. The van der Waals surface area contributed by atoms with Crippen LogP contribution in [0, 0.1) is 16.7 Å². The number of ether oxygens (including phenoxy) is 4. The second-order valence-electron chi connectivity index (χ2n) is 9.52. The summed E-state index contributed by atoms with van der Waals surface area (Å²) in [6, 6.07) is 14.4. The lowest BCUT2D eigenvalue weighted by Crippen LogP contribution is -2.46. The molecule has 0 aliphatic heterocycles. The van der Waals surface area contributed by atoms with Gasteiger partial charge in [0.15, 0.2) is 23.0 Å². The molecule has 2 N–H and O–H groups in total. The van der Waals surface area contributed by atoms with E-state index in [1.807, 2.05) is 30.3 Å². The Hall–Kier alpha value is -2.95. The smallest absolute Gasteiger partial charge is 0.161 e. The Morgan fingerprint density at radius 3 is 1.97 bits per heavy atom. The summed E-state index contributed by atoms with van der Waals surface area (Å²) in [4.78, 5) is 2.29. The van der Waals surface area contributed by atoms with Gasteiger partial charge in [0.05, 0.1) is 39.9 Å². The molecule has 192 valence electrons. The first kappa shape index (κ1) is 28.3. The zero-order valence-corrected chi connectivity index (χ0v) is 22.3. The van der Waals surface area contributed by atoms with Crippen molar-refractivity contribution in [3.8, 4) is 29.1 Å². The molecule has 0 aliphatic carbocycles. The van der Waals surface area contributed by atoms with Gasteiger partial charge in [0, 0.05) is 6.54 Å². The van der Waals surface area contributed by atoms with Crippen LogP contribution in [0.2, 0.25) is 0 Å². The minimum Gasteiger partial charge on any atom is -0.493 e. The molecule has 0 bridgehead atoms. The number of benzene rings is 2. The van der Waals surface area contributed by atoms with E-state index in [0.717, 1.165) is 43.0 Å². The van der Waals surface area contributed by atoms with Crippen LogP contribution in [0.5, 0.6) is 23.0 Å². The van der Waals surface area contributed by atoms with Crippen molar-refractivity contribution < 1.29 is 18.9 Å². The monoisotopic (exact) mass is 483 g/mol. The number of rotatable bonds is 14. The molecule has 0 heterocycles. The highest BCUT2D eigenvalue weighted by molar-refractivity contribution is 5.48. The fourth-order valence-corrected chi connectivity index (χ4v) is 4.50. The summed E-state index contributed by atoms with van der Waals surface area (Å²) < 4.78 is 21.7. The van der Waals surface area contributed by atoms with Gasteiger partial charge in [-0.2, -0.15) is 5.26 Å². The molecule has 0 saturated carbocycles. The van der Waals surface area contributed by atoms with Crippen LogP contribution in [0.3, 0.4) is 0 Å². The van der Waals surface area contributed by atoms with Gasteiger partial charge in [-0.25, -0.2) is 0 Å². The third kappa shape index (κ3) is 6.39. The molecule has 0 amide bonds. The molecular weight excluding hydrogens is 442 g/mol. The van der Waals surface area contributed by atoms with E-state index >= 15 is 0 Å². The molecule has 1 atom stereocenters. The molecule has 0 fully saturated rings. The van der Waals surface area contributed by atoms with E-state index in [0.29, 0.717) is 24.5 Å². The average molecular weight is 484 g/mol. The Balaban J connectivity index is 2.13. The molecule has 7 nitrogen and oxygen atoms in total. The lowest BCUT2D eigenvalue weighted by molar-refractivity contribution is 0.198. The Morgan fingerprint density at radius 2 is 1.43 bits per heavy atom. The summed E-state index contributed by atoms with van der Waals surface area (Å²) in [5.74, 6) is 2.73. The van der Waals surface area contributed by atoms with E-state index in [2.05, 4.69) is 37.9 Å². The highest BCUT2D eigenvalue weighted by Crippen LogP contribution is 2.46. The zero-order chi connectivity index (χ0) is 26.1. The third-order valence-electron chi connectivity index (χ3n) is 7.05. The molecule has 0 saturated heterocycles. The largest absolute Gasteiger partial charge is 0.493 e. The molecule has 7 heteroatoms. The summed E-state index contributed by atoms with van der Waals surface area (Å²) in [5.41, 5.74) is 7.09. The molecular formula is C28H41N3O4. The molecule has 0 aliphatic rings. The van der Waals surface area contributed by atoms with Crippen molar-refractivity contribution in [3.05, 3.63) is 47.5 Å². The van der Waals surface area contributed by atoms with Crippen molar-refractivity contribution in [2.24, 2.45) is 11.1 Å². The summed E-state index contributed by atoms with van der Waals surface area (Å²) in [6.07, 6.45) is 2.43. The molecule has 0 spiro atoms. The lowest BCUT2D eigenvalue weighted by Gasteiger charge is -2.42. The number of nitrogens with zero attached hydrogens (tertiary/aromatic N) is 2. The van der Waals surface area contributed by atoms with Gasteiger partial charge in [-0.1, -0.05) is 26.0 Å². The van der Waals surface area contributed by atoms with Crippen LogP contribution in [0.15, 0.2) is 36.4 Å². The Kier molecular flexibility index (Phi) is 10.2. The van der Waals surface area contributed by atoms with Crippen LogP contribution in [0.4, 0.5) is 0 Å². The molecule has 1 unspecified atom stereocenters. The van der Waals surface area contributed by atoms with Crippen LogP contribution in [-0.4, -0.2) is 60.0 Å². The fourth-order valence-electron chi connectivity index (χ4n) is 4.50. The Bertz CT molecular complexity index is 1000. The van der Waals surface area contributed by atoms with Crippen molar-refractivity contribution in [1.29, 1.82) is 5.26 Å². The SMILES string of the molecule is COc1ccc(CCN(C)CCCC(C#N)(c2ccc(OC)c(OC)c2)C(C)(C)CN)cc1OC. The maximum Gasteiger partial charge on any atom is 0.161 e. The van der Waals surface area contributed by atoms with Gasteiger partial charge in [0.25, 0.3) is 0 Å². The maximum atomic E-state index is 10.5. The number of nitriles is 1. The van der Waals surface area contributed by atoms with Crippen molar-refractivity contribution >= 4 is 0 Å². The summed E-state index contributed by atoms with van der Waals surface area (Å²) in [7, 11) is 8.62. The average Bonchev–Trinajstić information content (AvgIpc) is 2.89. The van der Waals surface area contributed by atoms with Gasteiger partial charge in [0.2, 0.25) is 0 Å². The first-order chi connectivity index (χ1) is 16.7. The predicted molar refractivity (Wildman–Crippen MR) is 140 cm³/mol. The van der Waals surface area contributed by atoms with E-state index in [-0.39, 0.29) is 0 Å². The topological polar surface area (TPSA) is 90.0 Å². The van der Waals surface area contributed by atoms with Gasteiger partial charge in [-0.15, -0.1) is 0 Å². The minimum atomic E-state index is -0.758. The summed E-state index contributed by atoms with van der Waals surface area (Å²) in [5, 5.41) is 10.5. The van der Waals surface area contributed by atoms with Gasteiger partial charge in [-0.05, 0) is 80.2 Å². The Labute approximate surface area is 210 Å². The first-order valence-corrected chi connectivity index (χ1v) is 11.9. The van der Waals surface area contributed by atoms with Gasteiger partial charge in [0.1, 0.15) is 0 Å². The molecule has 2 aromatic carbocycles. The van der Waals surface area contributed by atoms with Crippen molar-refractivity contribution in [3.63, 3.8) is 0 Å². The third-order valence-corrected chi connectivity index (χ3v) is 7.05. The number of likely N-dealkylation sites (N-methyl/N-ethyl adjacent to an activating group) is 1. The number of hydrogen-bond acceptors (Lipinski definition) is 7. The highest BCUT2D eigenvalue weighted by Gasteiger charge is 2.46. The molecule has 0 aromatic heterocycles. The molecule has 2 aromatic rings. The number of methoxy groups -OCH3 is 4. The van der Waals surface area contributed by atoms with Gasteiger partial charge < -0.3 is 29.6 Å². The predicted octanol–water partition coefficient (Wildman–Crippen LogP) is 4.42. The standard InChI is InChI=1S/C28H41N3O4/c1-27(2,19-29)28(20-30,22-10-12-24(33-5)26(18-22)35-7)14-8-15-31(3)16-13-21-9-11-23(32-4)25(17-21)34-6/h9-12,17-18H,8,13-16,19,29H2,1-7H3. The normalized spacial score (nSPS) is 13.1. The number of hydrogen-bond donors (Lipinski definition) is 1. The van der Waals surface area contributed by atoms with Crippen molar-refractivity contribution in [1.82, 2.24) is 4.90 Å². The molecule has 35 heavy (non-hydrogen) atoms. The maximum absolute atomic E-state index is 10.5. The van der Waals surface area contributed by atoms with Crippen LogP contribution >= 0.6 is 0 Å². The van der Waals surface area contributed by atoms with Crippen LogP contribution < -0.4 is 24.7 Å². The zero-order valence-electron chi connectivity index (χ0n) is 22.3. The lowest BCUT2D eigenvalue weighted by atomic mass is 9.60. The van der Waals surface area contributed by atoms with Crippen molar-refractivity contribution in [2.45, 2.75) is 38.5 Å². The van der Waals surface area contributed by atoms with Crippen molar-refractivity contribution in [2.75, 3.05) is 55.1 Å². The van der Waals surface area contributed by atoms with E-state index in [1.54, 1.807) is 28.4 Å². The minimum absolute atomic E-state index is 0.393. The first-order valence-electron chi connectivity index (χ1n) is 11.9. The Morgan fingerprint density at radius 1 is 0.857 bits per heavy atom. The fraction of sp³-hybridized carbons (Fsp3) is 0.536. The van der Waals surface area contributed by atoms with Crippen LogP contribution in [0.25, 0.3) is 0 Å². The van der Waals surface area contributed by atoms with E-state index in [9.17, 15) is 5.26 Å². The highest BCUT2D eigenvalue weighted by atomic mass is 16.5. The molecule has 0 radical (unpaired) electrons. The second-order valence-corrected chi connectivity index (χ2v) is 9.52. The van der Waals surface area contributed by atoms with Crippen LogP contribution in [0.1, 0.15) is 37.8 Å². The van der Waals surface area contributed by atoms with Crippen LogP contribution in [-0.2, 0) is 11.8 Å².